The molecule has 122 valence electrons. The van der Waals surface area contributed by atoms with E-state index < -0.39 is 5.91 Å². The van der Waals surface area contributed by atoms with Gasteiger partial charge in [-0.25, -0.2) is 4.98 Å². The van der Waals surface area contributed by atoms with Crippen molar-refractivity contribution in [3.8, 4) is 10.6 Å². The number of carbonyl (C=O) groups is 2. The fraction of sp³-hybridized carbons (Fsp3) is 0.0625. The Morgan fingerprint density at radius 3 is 2.71 bits per heavy atom. The van der Waals surface area contributed by atoms with Crippen molar-refractivity contribution in [2.75, 3.05) is 0 Å². The Labute approximate surface area is 151 Å². The van der Waals surface area contributed by atoms with Crippen molar-refractivity contribution in [2.24, 2.45) is 0 Å². The molecule has 0 atom stereocenters. The zero-order valence-corrected chi connectivity index (χ0v) is 14.7. The van der Waals surface area contributed by atoms with Gasteiger partial charge < -0.3 is 0 Å². The molecule has 2 N–H and O–H groups in total. The molecule has 0 aliphatic heterocycles. The van der Waals surface area contributed by atoms with Gasteiger partial charge in [0.25, 0.3) is 5.91 Å². The van der Waals surface area contributed by atoms with Gasteiger partial charge in [0.2, 0.25) is 5.91 Å². The zero-order chi connectivity index (χ0) is 16.9. The third-order valence-corrected chi connectivity index (χ3v) is 5.05. The van der Waals surface area contributed by atoms with E-state index in [0.717, 1.165) is 10.6 Å². The molecule has 0 saturated heterocycles. The smallest absolute Gasteiger partial charge is 0.271 e. The highest BCUT2D eigenvalue weighted by Gasteiger charge is 2.12. The number of amides is 2. The van der Waals surface area contributed by atoms with E-state index in [2.05, 4.69) is 15.8 Å². The van der Waals surface area contributed by atoms with Crippen molar-refractivity contribution in [1.29, 1.82) is 0 Å². The van der Waals surface area contributed by atoms with Gasteiger partial charge >= 0.3 is 0 Å². The van der Waals surface area contributed by atoms with Crippen LogP contribution in [0.4, 0.5) is 0 Å². The van der Waals surface area contributed by atoms with Crippen LogP contribution in [-0.2, 0) is 11.2 Å². The van der Waals surface area contributed by atoms with Crippen LogP contribution in [0.3, 0.4) is 0 Å². The Morgan fingerprint density at radius 1 is 1.12 bits per heavy atom. The highest BCUT2D eigenvalue weighted by molar-refractivity contribution is 7.14. The number of hydrazine groups is 1. The van der Waals surface area contributed by atoms with Gasteiger partial charge in [0.1, 0.15) is 5.01 Å². The number of halogens is 1. The minimum Gasteiger partial charge on any atom is -0.273 e. The van der Waals surface area contributed by atoms with Crippen LogP contribution >= 0.6 is 34.3 Å². The predicted octanol–water partition coefficient (Wildman–Crippen LogP) is 3.53. The van der Waals surface area contributed by atoms with Gasteiger partial charge in [0.05, 0.1) is 22.7 Å². The van der Waals surface area contributed by atoms with E-state index in [1.54, 1.807) is 35.6 Å². The second-order valence-electron chi connectivity index (χ2n) is 4.81. The third-order valence-electron chi connectivity index (χ3n) is 3.10. The summed E-state index contributed by atoms with van der Waals surface area (Å²) in [6.07, 6.45) is 0.0867. The summed E-state index contributed by atoms with van der Waals surface area (Å²) in [7, 11) is 0. The van der Waals surface area contributed by atoms with E-state index in [9.17, 15) is 9.59 Å². The first-order valence-corrected chi connectivity index (χ1v) is 9.14. The second-order valence-corrected chi connectivity index (χ2v) is 6.86. The first-order chi connectivity index (χ1) is 11.6. The van der Waals surface area contributed by atoms with Crippen molar-refractivity contribution in [2.45, 2.75) is 6.42 Å². The van der Waals surface area contributed by atoms with Crippen LogP contribution in [0.2, 0.25) is 5.02 Å². The zero-order valence-electron chi connectivity index (χ0n) is 12.3. The topological polar surface area (TPSA) is 71.1 Å². The fourth-order valence-corrected chi connectivity index (χ4v) is 3.71. The van der Waals surface area contributed by atoms with Crippen LogP contribution in [0.1, 0.15) is 16.1 Å². The summed E-state index contributed by atoms with van der Waals surface area (Å²) in [6, 6.07) is 8.60. The van der Waals surface area contributed by atoms with Gasteiger partial charge in [-0.05, 0) is 23.6 Å². The van der Waals surface area contributed by atoms with Gasteiger partial charge in [-0.1, -0.05) is 23.7 Å². The van der Waals surface area contributed by atoms with E-state index >= 15 is 0 Å². The summed E-state index contributed by atoms with van der Waals surface area (Å²) in [4.78, 5) is 28.3. The van der Waals surface area contributed by atoms with Crippen LogP contribution in [0.15, 0.2) is 46.5 Å². The molecule has 1 aromatic carbocycles. The standard InChI is InChI=1S/C16H12ClN3O2S2/c17-13-4-2-1-3-12(13)15(22)20-19-14(21)7-11-9-24-16(18-11)10-5-6-23-8-10/h1-6,8-9H,7H2,(H,19,21)(H,20,22). The lowest BCUT2D eigenvalue weighted by atomic mass is 10.2. The SMILES string of the molecule is O=C(Cc1csc(-c2ccsc2)n1)NNC(=O)c1ccccc1Cl. The first kappa shape index (κ1) is 16.6. The van der Waals surface area contributed by atoms with Crippen LogP contribution in [0.5, 0.6) is 0 Å². The minimum atomic E-state index is -0.466. The molecule has 2 heterocycles. The molecule has 0 unspecified atom stereocenters. The first-order valence-electron chi connectivity index (χ1n) is 6.94. The molecule has 5 nitrogen and oxygen atoms in total. The summed E-state index contributed by atoms with van der Waals surface area (Å²) in [5, 5.41) is 7.02. The number of hydrogen-bond acceptors (Lipinski definition) is 5. The number of benzene rings is 1. The molecule has 8 heteroatoms. The number of nitrogens with one attached hydrogen (secondary N) is 2. The molecule has 0 bridgehead atoms. The van der Waals surface area contributed by atoms with Crippen molar-refractivity contribution >= 4 is 46.1 Å². The van der Waals surface area contributed by atoms with E-state index in [-0.39, 0.29) is 12.3 Å². The Kier molecular flexibility index (Phi) is 5.24. The third kappa shape index (κ3) is 4.00. The lowest BCUT2D eigenvalue weighted by molar-refractivity contribution is -0.121. The number of thiophene rings is 1. The quantitative estimate of drug-likeness (QED) is 0.683. The van der Waals surface area contributed by atoms with E-state index in [1.165, 1.54) is 11.3 Å². The monoisotopic (exact) mass is 377 g/mol. The highest BCUT2D eigenvalue weighted by Crippen LogP contribution is 2.25. The number of carbonyl (C=O) groups excluding carboxylic acids is 2. The van der Waals surface area contributed by atoms with E-state index in [4.69, 9.17) is 11.6 Å². The summed E-state index contributed by atoms with van der Waals surface area (Å²) in [6.45, 7) is 0. The Hall–Kier alpha value is -2.22. The molecular weight excluding hydrogens is 366 g/mol. The van der Waals surface area contributed by atoms with Gasteiger partial charge in [-0.2, -0.15) is 11.3 Å². The van der Waals surface area contributed by atoms with Crippen molar-refractivity contribution < 1.29 is 9.59 Å². The summed E-state index contributed by atoms with van der Waals surface area (Å²) < 4.78 is 0. The molecule has 0 spiro atoms. The van der Waals surface area contributed by atoms with Crippen molar-refractivity contribution in [3.05, 3.63) is 62.8 Å². The Bertz CT molecular complexity index is 862. The molecule has 0 fully saturated rings. The Balaban J connectivity index is 1.55. The molecular formula is C16H12ClN3O2S2. The molecule has 0 aliphatic rings. The number of thiazole rings is 1. The number of nitrogens with zero attached hydrogens (tertiary/aromatic N) is 1. The second kappa shape index (κ2) is 7.57. The molecule has 3 aromatic rings. The molecule has 3 rings (SSSR count). The van der Waals surface area contributed by atoms with Crippen LogP contribution in [0, 0.1) is 0 Å². The largest absolute Gasteiger partial charge is 0.273 e. The lowest BCUT2D eigenvalue weighted by Gasteiger charge is -2.07. The summed E-state index contributed by atoms with van der Waals surface area (Å²) >= 11 is 9.01. The van der Waals surface area contributed by atoms with Crippen molar-refractivity contribution in [1.82, 2.24) is 15.8 Å². The van der Waals surface area contributed by atoms with Gasteiger partial charge in [0, 0.05) is 16.3 Å². The maximum absolute atomic E-state index is 12.0. The number of aromatic nitrogens is 1. The van der Waals surface area contributed by atoms with Gasteiger partial charge in [-0.15, -0.1) is 11.3 Å². The fourth-order valence-electron chi connectivity index (χ4n) is 1.95. The summed E-state index contributed by atoms with van der Waals surface area (Å²) in [5.74, 6) is -0.816. The van der Waals surface area contributed by atoms with Crippen LogP contribution < -0.4 is 10.9 Å². The predicted molar refractivity (Wildman–Crippen MR) is 96.2 cm³/mol. The molecule has 24 heavy (non-hydrogen) atoms. The average Bonchev–Trinajstić information content (AvgIpc) is 3.24. The van der Waals surface area contributed by atoms with E-state index in [0.29, 0.717) is 16.3 Å². The molecule has 2 aromatic heterocycles. The lowest BCUT2D eigenvalue weighted by Crippen LogP contribution is -2.42. The number of rotatable bonds is 4. The van der Waals surface area contributed by atoms with Gasteiger partial charge in [0.15, 0.2) is 0 Å². The average molecular weight is 378 g/mol. The molecule has 0 radical (unpaired) electrons. The maximum atomic E-state index is 12.0. The van der Waals surface area contributed by atoms with Crippen LogP contribution in [-0.4, -0.2) is 16.8 Å². The minimum absolute atomic E-state index is 0.0867. The van der Waals surface area contributed by atoms with E-state index in [1.807, 2.05) is 22.2 Å². The molecule has 0 saturated carbocycles. The molecule has 0 aliphatic carbocycles. The summed E-state index contributed by atoms with van der Waals surface area (Å²) in [5.41, 5.74) is 6.72. The maximum Gasteiger partial charge on any atom is 0.271 e. The van der Waals surface area contributed by atoms with Crippen LogP contribution in [0.25, 0.3) is 10.6 Å². The molecule has 2 amide bonds. The normalized spacial score (nSPS) is 10.4. The van der Waals surface area contributed by atoms with Crippen molar-refractivity contribution in [3.63, 3.8) is 0 Å². The highest BCUT2D eigenvalue weighted by atomic mass is 35.5. The Morgan fingerprint density at radius 2 is 1.96 bits per heavy atom. The van der Waals surface area contributed by atoms with Gasteiger partial charge in [-0.3, -0.25) is 20.4 Å². The number of hydrogen-bond donors (Lipinski definition) is 2.